The highest BCUT2D eigenvalue weighted by molar-refractivity contribution is 5.16. The summed E-state index contributed by atoms with van der Waals surface area (Å²) >= 11 is 0. The van der Waals surface area contributed by atoms with Gasteiger partial charge in [-0.2, -0.15) is 0 Å². The molecule has 2 saturated carbocycles. The van der Waals surface area contributed by atoms with Crippen LogP contribution in [0.15, 0.2) is 17.4 Å². The minimum atomic E-state index is 0.295. The molecule has 0 heteroatoms. The lowest BCUT2D eigenvalue weighted by Crippen LogP contribution is -2.00. The van der Waals surface area contributed by atoms with Crippen LogP contribution in [0.25, 0.3) is 0 Å². The fourth-order valence-corrected chi connectivity index (χ4v) is 2.86. The van der Waals surface area contributed by atoms with Gasteiger partial charge in [0.15, 0.2) is 0 Å². The van der Waals surface area contributed by atoms with Gasteiger partial charge in [0, 0.05) is 0 Å². The molecule has 2 fully saturated rings. The van der Waals surface area contributed by atoms with E-state index in [0.29, 0.717) is 5.41 Å². The van der Waals surface area contributed by atoms with E-state index < -0.39 is 0 Å². The topological polar surface area (TPSA) is 0 Å². The first kappa shape index (κ1) is 10.1. The number of fused-ring (bicyclic) bond motifs is 1. The van der Waals surface area contributed by atoms with Crippen LogP contribution in [-0.2, 0) is 0 Å². The molecule has 2 rings (SSSR count). The third kappa shape index (κ3) is 2.12. The van der Waals surface area contributed by atoms with E-state index in [-0.39, 0.29) is 0 Å². The van der Waals surface area contributed by atoms with Gasteiger partial charge < -0.3 is 0 Å². The van der Waals surface area contributed by atoms with Crippen LogP contribution in [0.3, 0.4) is 0 Å². The first-order valence-corrected chi connectivity index (χ1v) is 6.03. The molecule has 0 saturated heterocycles. The lowest BCUT2D eigenvalue weighted by Gasteiger charge is -2.11. The molecule has 0 nitrogen and oxygen atoms in total. The third-order valence-electron chi connectivity index (χ3n) is 3.58. The van der Waals surface area contributed by atoms with Gasteiger partial charge in [-0.1, -0.05) is 27.2 Å². The number of rotatable bonds is 0. The quantitative estimate of drug-likeness (QED) is 0.499. The molecule has 0 radical (unpaired) electrons. The Morgan fingerprint density at radius 1 is 1.21 bits per heavy atom. The first-order chi connectivity index (χ1) is 6.56. The molecular weight excluding hydrogens is 168 g/mol. The van der Waals surface area contributed by atoms with Crippen LogP contribution < -0.4 is 0 Å². The zero-order chi connectivity index (χ0) is 10.2. The van der Waals surface area contributed by atoms with Crippen LogP contribution in [-0.4, -0.2) is 0 Å². The van der Waals surface area contributed by atoms with E-state index in [2.05, 4.69) is 32.6 Å². The monoisotopic (exact) mass is 190 g/mol. The van der Waals surface area contributed by atoms with Crippen molar-refractivity contribution >= 4 is 0 Å². The van der Waals surface area contributed by atoms with Crippen molar-refractivity contribution in [3.05, 3.63) is 17.4 Å². The van der Waals surface area contributed by atoms with Crippen molar-refractivity contribution in [3.63, 3.8) is 0 Å². The lowest BCUT2D eigenvalue weighted by atomic mass is 9.94. The van der Waals surface area contributed by atoms with Gasteiger partial charge in [-0.05, 0) is 54.6 Å². The summed E-state index contributed by atoms with van der Waals surface area (Å²) in [5, 5.41) is 0. The summed E-state index contributed by atoms with van der Waals surface area (Å²) < 4.78 is 0. The summed E-state index contributed by atoms with van der Waals surface area (Å²) in [5.41, 5.74) is 5.51. The molecule has 0 aliphatic heterocycles. The molecule has 78 valence electrons. The van der Waals surface area contributed by atoms with Gasteiger partial charge in [0.25, 0.3) is 0 Å². The number of hydrogen-bond donors (Lipinski definition) is 0. The molecule has 0 spiro atoms. The molecule has 14 heavy (non-hydrogen) atoms. The van der Waals surface area contributed by atoms with Gasteiger partial charge in [-0.15, -0.1) is 5.73 Å². The molecule has 0 N–H and O–H groups in total. The zero-order valence-corrected chi connectivity index (χ0v) is 9.77. The summed E-state index contributed by atoms with van der Waals surface area (Å²) in [6.07, 6.45) is 9.39. The molecule has 2 atom stereocenters. The Morgan fingerprint density at radius 2 is 2.00 bits per heavy atom. The normalized spacial score (nSPS) is 31.5. The van der Waals surface area contributed by atoms with Crippen molar-refractivity contribution in [1.82, 2.24) is 0 Å². The van der Waals surface area contributed by atoms with Crippen molar-refractivity contribution in [2.45, 2.75) is 52.9 Å². The van der Waals surface area contributed by atoms with E-state index >= 15 is 0 Å². The second kappa shape index (κ2) is 3.59. The summed E-state index contributed by atoms with van der Waals surface area (Å²) in [6, 6.07) is 0. The van der Waals surface area contributed by atoms with Gasteiger partial charge in [-0.25, -0.2) is 0 Å². The van der Waals surface area contributed by atoms with Crippen molar-refractivity contribution in [2.75, 3.05) is 0 Å². The second-order valence-electron chi connectivity index (χ2n) is 6.02. The highest BCUT2D eigenvalue weighted by Crippen LogP contribution is 2.46. The SMILES string of the molecule is CC(C)(C)C=C=C1CCC2CCCC12. The first-order valence-electron chi connectivity index (χ1n) is 6.03. The highest BCUT2D eigenvalue weighted by Gasteiger charge is 2.34. The fourth-order valence-electron chi connectivity index (χ4n) is 2.86. The summed E-state index contributed by atoms with van der Waals surface area (Å²) in [6.45, 7) is 6.75. The van der Waals surface area contributed by atoms with Gasteiger partial charge in [0.1, 0.15) is 0 Å². The average molecular weight is 190 g/mol. The van der Waals surface area contributed by atoms with E-state index in [4.69, 9.17) is 0 Å². The van der Waals surface area contributed by atoms with E-state index in [0.717, 1.165) is 11.8 Å². The molecule has 0 bridgehead atoms. The summed E-state index contributed by atoms with van der Waals surface area (Å²) in [7, 11) is 0. The number of allylic oxidation sites excluding steroid dienone is 1. The second-order valence-corrected chi connectivity index (χ2v) is 6.02. The van der Waals surface area contributed by atoms with Gasteiger partial charge in [0.2, 0.25) is 0 Å². The van der Waals surface area contributed by atoms with Crippen molar-refractivity contribution < 1.29 is 0 Å². The van der Waals surface area contributed by atoms with Crippen LogP contribution >= 0.6 is 0 Å². The van der Waals surface area contributed by atoms with E-state index in [1.807, 2.05) is 0 Å². The zero-order valence-electron chi connectivity index (χ0n) is 9.77. The van der Waals surface area contributed by atoms with Crippen LogP contribution in [0.1, 0.15) is 52.9 Å². The Labute approximate surface area is 88.1 Å². The third-order valence-corrected chi connectivity index (χ3v) is 3.58. The Balaban J connectivity index is 2.15. The van der Waals surface area contributed by atoms with E-state index in [9.17, 15) is 0 Å². The van der Waals surface area contributed by atoms with Crippen LogP contribution in [0.2, 0.25) is 0 Å². The molecule has 0 aromatic rings. The Bertz CT molecular complexity index is 271. The minimum absolute atomic E-state index is 0.295. The minimum Gasteiger partial charge on any atom is -0.125 e. The molecule has 2 aliphatic carbocycles. The van der Waals surface area contributed by atoms with E-state index in [1.54, 1.807) is 5.57 Å². The standard InChI is InChI=1S/C14H22/c1-14(2,3)10-9-12-8-7-11-5-4-6-13(11)12/h10-11,13H,4-8H2,1-3H3. The molecule has 0 aromatic heterocycles. The maximum atomic E-state index is 3.58. The predicted molar refractivity (Wildman–Crippen MR) is 61.1 cm³/mol. The Kier molecular flexibility index (Phi) is 2.58. The summed E-state index contributed by atoms with van der Waals surface area (Å²) in [4.78, 5) is 0. The maximum Gasteiger partial charge on any atom is -0.00988 e. The Hall–Kier alpha value is -0.480. The van der Waals surface area contributed by atoms with Crippen molar-refractivity contribution in [1.29, 1.82) is 0 Å². The maximum absolute atomic E-state index is 3.58. The number of hydrogen-bond acceptors (Lipinski definition) is 0. The Morgan fingerprint density at radius 3 is 2.71 bits per heavy atom. The van der Waals surface area contributed by atoms with E-state index in [1.165, 1.54) is 32.1 Å². The van der Waals surface area contributed by atoms with Crippen LogP contribution in [0.5, 0.6) is 0 Å². The molecule has 2 aliphatic rings. The average Bonchev–Trinajstić information content (AvgIpc) is 2.59. The van der Waals surface area contributed by atoms with Crippen LogP contribution in [0, 0.1) is 17.3 Å². The predicted octanol–water partition coefficient (Wildman–Crippen LogP) is 4.32. The largest absolute Gasteiger partial charge is 0.125 e. The van der Waals surface area contributed by atoms with Gasteiger partial charge in [0.05, 0.1) is 0 Å². The van der Waals surface area contributed by atoms with Gasteiger partial charge >= 0.3 is 0 Å². The fraction of sp³-hybridized carbons (Fsp3) is 0.786. The molecular formula is C14H22. The summed E-state index contributed by atoms with van der Waals surface area (Å²) in [5.74, 6) is 1.93. The smallest absolute Gasteiger partial charge is 0.00988 e. The van der Waals surface area contributed by atoms with Crippen molar-refractivity contribution in [2.24, 2.45) is 17.3 Å². The molecule has 0 aromatic carbocycles. The van der Waals surface area contributed by atoms with Gasteiger partial charge in [-0.3, -0.25) is 0 Å². The molecule has 0 heterocycles. The highest BCUT2D eigenvalue weighted by atomic mass is 14.4. The molecule has 2 unspecified atom stereocenters. The van der Waals surface area contributed by atoms with Crippen LogP contribution in [0.4, 0.5) is 0 Å². The van der Waals surface area contributed by atoms with Crippen molar-refractivity contribution in [3.8, 4) is 0 Å². The lowest BCUT2D eigenvalue weighted by molar-refractivity contribution is 0.491. The molecule has 0 amide bonds.